The van der Waals surface area contributed by atoms with Crippen molar-refractivity contribution < 1.29 is 8.42 Å². The molecular formula is C10H15BrN4O2S. The fourth-order valence-electron chi connectivity index (χ4n) is 1.81. The standard InChI is InChI=1S/C10H15BrN4O2S/c1-6-4-10(14-13-6)15-18(16,17)9-3-2-7(11)5-8(9)12/h2-3,5-6,10,13-15H,4,12H2,1H3. The summed E-state index contributed by atoms with van der Waals surface area (Å²) < 4.78 is 27.6. The van der Waals surface area contributed by atoms with E-state index in [9.17, 15) is 8.42 Å². The average Bonchev–Trinajstić information content (AvgIpc) is 2.62. The minimum Gasteiger partial charge on any atom is -0.398 e. The Kier molecular flexibility index (Phi) is 3.93. The molecule has 0 amide bonds. The van der Waals surface area contributed by atoms with E-state index in [4.69, 9.17) is 5.73 Å². The van der Waals surface area contributed by atoms with Crippen molar-refractivity contribution in [1.82, 2.24) is 15.6 Å². The van der Waals surface area contributed by atoms with E-state index in [1.54, 1.807) is 12.1 Å². The second-order valence-electron chi connectivity index (χ2n) is 4.28. The fourth-order valence-corrected chi connectivity index (χ4v) is 3.46. The number of nitrogen functional groups attached to an aromatic ring is 1. The zero-order chi connectivity index (χ0) is 13.3. The molecule has 0 bridgehead atoms. The molecule has 1 aliphatic heterocycles. The summed E-state index contributed by atoms with van der Waals surface area (Å²) in [6.45, 7) is 1.97. The van der Waals surface area contributed by atoms with Gasteiger partial charge in [-0.15, -0.1) is 0 Å². The molecule has 1 aliphatic rings. The highest BCUT2D eigenvalue weighted by Gasteiger charge is 2.26. The molecule has 1 fully saturated rings. The first-order chi connectivity index (χ1) is 8.38. The lowest BCUT2D eigenvalue weighted by atomic mass is 10.2. The Morgan fingerprint density at radius 3 is 2.72 bits per heavy atom. The van der Waals surface area contributed by atoms with Gasteiger partial charge in [0.15, 0.2) is 0 Å². The first-order valence-corrected chi connectivity index (χ1v) is 7.74. The topological polar surface area (TPSA) is 96.2 Å². The van der Waals surface area contributed by atoms with Crippen LogP contribution < -0.4 is 21.3 Å². The highest BCUT2D eigenvalue weighted by atomic mass is 79.9. The second kappa shape index (κ2) is 5.14. The van der Waals surface area contributed by atoms with Crippen molar-refractivity contribution in [2.24, 2.45) is 0 Å². The predicted molar refractivity (Wildman–Crippen MR) is 73.0 cm³/mol. The van der Waals surface area contributed by atoms with Gasteiger partial charge in [0.25, 0.3) is 0 Å². The number of nitrogens with two attached hydrogens (primary N) is 1. The molecule has 100 valence electrons. The summed E-state index contributed by atoms with van der Waals surface area (Å²) in [7, 11) is -3.61. The molecule has 1 aromatic carbocycles. The number of benzene rings is 1. The molecule has 0 aliphatic carbocycles. The smallest absolute Gasteiger partial charge is 0.243 e. The van der Waals surface area contributed by atoms with Gasteiger partial charge in [-0.3, -0.25) is 5.43 Å². The molecule has 2 rings (SSSR count). The number of hydrogen-bond donors (Lipinski definition) is 4. The molecule has 5 N–H and O–H groups in total. The van der Waals surface area contributed by atoms with Crippen molar-refractivity contribution in [3.63, 3.8) is 0 Å². The van der Waals surface area contributed by atoms with Crippen molar-refractivity contribution >= 4 is 31.6 Å². The van der Waals surface area contributed by atoms with Gasteiger partial charge in [0.1, 0.15) is 4.90 Å². The summed E-state index contributed by atoms with van der Waals surface area (Å²) in [6, 6.07) is 4.92. The van der Waals surface area contributed by atoms with Crippen molar-refractivity contribution in [3.05, 3.63) is 22.7 Å². The van der Waals surface area contributed by atoms with Gasteiger partial charge in [-0.25, -0.2) is 13.8 Å². The molecule has 0 spiro atoms. The normalized spacial score (nSPS) is 24.3. The lowest BCUT2D eigenvalue weighted by Crippen LogP contribution is -2.44. The Morgan fingerprint density at radius 2 is 2.17 bits per heavy atom. The molecule has 1 saturated heterocycles. The number of nitrogens with one attached hydrogen (secondary N) is 3. The molecule has 1 heterocycles. The lowest BCUT2D eigenvalue weighted by molar-refractivity contribution is 0.506. The van der Waals surface area contributed by atoms with Crippen molar-refractivity contribution in [3.8, 4) is 0 Å². The van der Waals surface area contributed by atoms with Crippen molar-refractivity contribution in [1.29, 1.82) is 0 Å². The summed E-state index contributed by atoms with van der Waals surface area (Å²) in [5.74, 6) is 0. The van der Waals surface area contributed by atoms with Gasteiger partial charge in [0.2, 0.25) is 10.0 Å². The summed E-state index contributed by atoms with van der Waals surface area (Å²) in [4.78, 5) is 0.0899. The SMILES string of the molecule is CC1CC(NS(=O)(=O)c2ccc(Br)cc2N)NN1. The number of hydrogen-bond acceptors (Lipinski definition) is 5. The van der Waals surface area contributed by atoms with Gasteiger partial charge in [-0.2, -0.15) is 4.72 Å². The molecule has 0 radical (unpaired) electrons. The molecule has 8 heteroatoms. The Labute approximate surface area is 114 Å². The van der Waals surface area contributed by atoms with E-state index >= 15 is 0 Å². The van der Waals surface area contributed by atoms with Crippen LogP contribution >= 0.6 is 15.9 Å². The summed E-state index contributed by atoms with van der Waals surface area (Å²) >= 11 is 3.24. The van der Waals surface area contributed by atoms with E-state index in [-0.39, 0.29) is 22.8 Å². The van der Waals surface area contributed by atoms with Crippen LogP contribution in [0.25, 0.3) is 0 Å². The van der Waals surface area contributed by atoms with E-state index < -0.39 is 10.0 Å². The molecular weight excluding hydrogens is 320 g/mol. The van der Waals surface area contributed by atoms with E-state index in [0.29, 0.717) is 6.42 Å². The van der Waals surface area contributed by atoms with Crippen LogP contribution in [0.5, 0.6) is 0 Å². The van der Waals surface area contributed by atoms with Gasteiger partial charge < -0.3 is 5.73 Å². The van der Waals surface area contributed by atoms with Crippen LogP contribution in [0, 0.1) is 0 Å². The van der Waals surface area contributed by atoms with Crippen LogP contribution in [0.3, 0.4) is 0 Å². The molecule has 1 aromatic rings. The highest BCUT2D eigenvalue weighted by molar-refractivity contribution is 9.10. The van der Waals surface area contributed by atoms with Gasteiger partial charge in [0.05, 0.1) is 11.9 Å². The summed E-state index contributed by atoms with van der Waals surface area (Å²) in [5.41, 5.74) is 11.8. The lowest BCUT2D eigenvalue weighted by Gasteiger charge is -2.14. The third kappa shape index (κ3) is 3.01. The molecule has 0 aromatic heterocycles. The van der Waals surface area contributed by atoms with E-state index in [0.717, 1.165) is 4.47 Å². The quantitative estimate of drug-likeness (QED) is 0.604. The first kappa shape index (κ1) is 13.8. The van der Waals surface area contributed by atoms with Gasteiger partial charge in [-0.05, 0) is 31.5 Å². The zero-order valence-electron chi connectivity index (χ0n) is 9.77. The van der Waals surface area contributed by atoms with Crippen LogP contribution in [0.1, 0.15) is 13.3 Å². The summed E-state index contributed by atoms with van der Waals surface area (Å²) in [6.07, 6.45) is 0.350. The Hall–Kier alpha value is -0.670. The molecule has 18 heavy (non-hydrogen) atoms. The fraction of sp³-hybridized carbons (Fsp3) is 0.400. The largest absolute Gasteiger partial charge is 0.398 e. The van der Waals surface area contributed by atoms with Gasteiger partial charge in [0, 0.05) is 10.5 Å². The Balaban J connectivity index is 2.20. The van der Waals surface area contributed by atoms with Crippen LogP contribution in [0.15, 0.2) is 27.6 Å². The Bertz CT molecular complexity index is 549. The van der Waals surface area contributed by atoms with Gasteiger partial charge in [-0.1, -0.05) is 15.9 Å². The van der Waals surface area contributed by atoms with Crippen LogP contribution in [0.4, 0.5) is 5.69 Å². The maximum absolute atomic E-state index is 12.2. The second-order valence-corrected chi connectivity index (χ2v) is 6.88. The highest BCUT2D eigenvalue weighted by Crippen LogP contribution is 2.23. The predicted octanol–water partition coefficient (Wildman–Crippen LogP) is 0.522. The Morgan fingerprint density at radius 1 is 1.44 bits per heavy atom. The van der Waals surface area contributed by atoms with Crippen LogP contribution in [0.2, 0.25) is 0 Å². The van der Waals surface area contributed by atoms with Crippen LogP contribution in [-0.2, 0) is 10.0 Å². The van der Waals surface area contributed by atoms with Crippen molar-refractivity contribution in [2.75, 3.05) is 5.73 Å². The minimum absolute atomic E-state index is 0.0899. The van der Waals surface area contributed by atoms with Gasteiger partial charge >= 0.3 is 0 Å². The van der Waals surface area contributed by atoms with E-state index in [2.05, 4.69) is 31.5 Å². The molecule has 2 atom stereocenters. The molecule has 0 saturated carbocycles. The van der Waals surface area contributed by atoms with Crippen LogP contribution in [-0.4, -0.2) is 20.6 Å². The maximum atomic E-state index is 12.2. The molecule has 6 nitrogen and oxygen atoms in total. The number of halogens is 1. The third-order valence-corrected chi connectivity index (χ3v) is 4.69. The number of anilines is 1. The maximum Gasteiger partial charge on any atom is 0.243 e. The molecule has 2 unspecified atom stereocenters. The third-order valence-electron chi connectivity index (χ3n) is 2.65. The number of rotatable bonds is 3. The minimum atomic E-state index is -3.61. The zero-order valence-corrected chi connectivity index (χ0v) is 12.2. The number of hydrazine groups is 1. The van der Waals surface area contributed by atoms with Crippen molar-refractivity contribution in [2.45, 2.75) is 30.4 Å². The monoisotopic (exact) mass is 334 g/mol. The van der Waals surface area contributed by atoms with E-state index in [1.165, 1.54) is 6.07 Å². The number of sulfonamides is 1. The summed E-state index contributed by atoms with van der Waals surface area (Å²) in [5, 5.41) is 0. The first-order valence-electron chi connectivity index (χ1n) is 5.47. The average molecular weight is 335 g/mol. The van der Waals surface area contributed by atoms with E-state index in [1.807, 2.05) is 6.92 Å².